The van der Waals surface area contributed by atoms with Crippen LogP contribution in [-0.4, -0.2) is 75.5 Å². The molecule has 0 atom stereocenters. The van der Waals surface area contributed by atoms with Gasteiger partial charge in [0.05, 0.1) is 12.2 Å². The van der Waals surface area contributed by atoms with Gasteiger partial charge in [-0.2, -0.15) is 0 Å². The number of anilines is 2. The van der Waals surface area contributed by atoms with E-state index in [0.29, 0.717) is 16.6 Å². The summed E-state index contributed by atoms with van der Waals surface area (Å²) in [5.41, 5.74) is 0.516. The van der Waals surface area contributed by atoms with Crippen molar-refractivity contribution in [3.8, 4) is 0 Å². The number of pyridine rings is 1. The molecule has 14 heteroatoms. The number of oxazole rings is 1. The van der Waals surface area contributed by atoms with Gasteiger partial charge in [0.15, 0.2) is 5.11 Å². The standard InChI is InChI=1S/C18H26N6O5S3/c1-24-9-6-12(7-10-24)21-17(30)22-13-5-4-8-19-15(13)20-11-14-16(31(2,25)26)29-18(23-14)32(3,27)28/h4-5,8,12H,6-7,9-11H2,1-3H3,(H,19,20)(H2,21,22,30). The molecule has 2 aromatic rings. The van der Waals surface area contributed by atoms with E-state index >= 15 is 0 Å². The number of piperidine rings is 1. The number of likely N-dealkylation sites (tertiary alicyclic amines) is 1. The third kappa shape index (κ3) is 6.37. The molecule has 3 N–H and O–H groups in total. The molecule has 3 heterocycles. The van der Waals surface area contributed by atoms with E-state index in [-0.39, 0.29) is 18.3 Å². The van der Waals surface area contributed by atoms with Crippen LogP contribution in [0, 0.1) is 0 Å². The maximum absolute atomic E-state index is 12.0. The number of sulfone groups is 2. The maximum Gasteiger partial charge on any atom is 0.316 e. The minimum Gasteiger partial charge on any atom is -0.416 e. The van der Waals surface area contributed by atoms with Gasteiger partial charge in [-0.25, -0.2) is 26.8 Å². The second-order valence-corrected chi connectivity index (χ2v) is 11.9. The van der Waals surface area contributed by atoms with Crippen LogP contribution >= 0.6 is 12.2 Å². The zero-order valence-corrected chi connectivity index (χ0v) is 20.4. The van der Waals surface area contributed by atoms with Crippen molar-refractivity contribution >= 4 is 48.5 Å². The summed E-state index contributed by atoms with van der Waals surface area (Å²) in [6.07, 6.45) is 5.34. The fraction of sp³-hybridized carbons (Fsp3) is 0.500. The third-order valence-corrected chi connectivity index (χ3v) is 6.85. The van der Waals surface area contributed by atoms with Crippen LogP contribution < -0.4 is 16.0 Å². The highest BCUT2D eigenvalue weighted by Gasteiger charge is 2.26. The van der Waals surface area contributed by atoms with Crippen LogP contribution in [0.3, 0.4) is 0 Å². The van der Waals surface area contributed by atoms with Gasteiger partial charge in [-0.15, -0.1) is 0 Å². The summed E-state index contributed by atoms with van der Waals surface area (Å²) in [4.78, 5) is 10.4. The van der Waals surface area contributed by atoms with Gasteiger partial charge in [-0.05, 0) is 57.3 Å². The normalized spacial score (nSPS) is 16.0. The minimum absolute atomic E-state index is 0.0587. The number of nitrogens with zero attached hydrogens (tertiary/aromatic N) is 3. The molecule has 0 aromatic carbocycles. The van der Waals surface area contributed by atoms with E-state index < -0.39 is 30.0 Å². The molecule has 1 saturated heterocycles. The van der Waals surface area contributed by atoms with Crippen LogP contribution in [0.1, 0.15) is 18.5 Å². The van der Waals surface area contributed by atoms with Gasteiger partial charge in [0.2, 0.25) is 24.8 Å². The summed E-state index contributed by atoms with van der Waals surface area (Å²) in [5.74, 6) is 0.392. The summed E-state index contributed by atoms with van der Waals surface area (Å²) in [6, 6.07) is 3.77. The van der Waals surface area contributed by atoms with Crippen molar-refractivity contribution in [2.24, 2.45) is 0 Å². The zero-order chi connectivity index (χ0) is 23.5. The van der Waals surface area contributed by atoms with E-state index in [9.17, 15) is 16.8 Å². The van der Waals surface area contributed by atoms with Gasteiger partial charge in [0.1, 0.15) is 11.5 Å². The number of hydrogen-bond donors (Lipinski definition) is 3. The van der Waals surface area contributed by atoms with Crippen molar-refractivity contribution < 1.29 is 21.3 Å². The lowest BCUT2D eigenvalue weighted by molar-refractivity contribution is 0.247. The molecule has 0 saturated carbocycles. The van der Waals surface area contributed by atoms with E-state index in [1.54, 1.807) is 18.3 Å². The van der Waals surface area contributed by atoms with Crippen LogP contribution in [0.2, 0.25) is 0 Å². The summed E-state index contributed by atoms with van der Waals surface area (Å²) in [6.45, 7) is 1.87. The maximum atomic E-state index is 12.0. The summed E-state index contributed by atoms with van der Waals surface area (Å²) in [7, 11) is -5.56. The van der Waals surface area contributed by atoms with Crippen LogP contribution in [0.25, 0.3) is 0 Å². The predicted molar refractivity (Wildman–Crippen MR) is 124 cm³/mol. The Morgan fingerprint density at radius 1 is 1.22 bits per heavy atom. The lowest BCUT2D eigenvalue weighted by Crippen LogP contribution is -2.44. The fourth-order valence-electron chi connectivity index (χ4n) is 3.19. The molecular weight excluding hydrogens is 476 g/mol. The monoisotopic (exact) mass is 502 g/mol. The molecule has 2 aromatic heterocycles. The van der Waals surface area contributed by atoms with E-state index in [2.05, 4.69) is 37.9 Å². The van der Waals surface area contributed by atoms with Crippen LogP contribution in [0.4, 0.5) is 11.5 Å². The van der Waals surface area contributed by atoms with E-state index in [4.69, 9.17) is 16.6 Å². The third-order valence-electron chi connectivity index (χ3n) is 4.83. The average Bonchev–Trinajstić information content (AvgIpc) is 3.14. The Bertz CT molecular complexity index is 1190. The van der Waals surface area contributed by atoms with Gasteiger partial charge < -0.3 is 25.3 Å². The predicted octanol–water partition coefficient (Wildman–Crippen LogP) is 0.869. The van der Waals surface area contributed by atoms with Gasteiger partial charge in [0.25, 0.3) is 0 Å². The Morgan fingerprint density at radius 3 is 2.53 bits per heavy atom. The first-order chi connectivity index (χ1) is 14.9. The Morgan fingerprint density at radius 2 is 1.91 bits per heavy atom. The van der Waals surface area contributed by atoms with Crippen LogP contribution in [0.15, 0.2) is 33.1 Å². The molecule has 3 rings (SSSR count). The molecule has 1 aliphatic heterocycles. The van der Waals surface area contributed by atoms with E-state index in [0.717, 1.165) is 38.4 Å². The van der Waals surface area contributed by atoms with Crippen molar-refractivity contribution in [3.63, 3.8) is 0 Å². The Labute approximate surface area is 192 Å². The first-order valence-electron chi connectivity index (χ1n) is 9.78. The molecule has 1 aliphatic rings. The number of hydrogen-bond acceptors (Lipinski definition) is 10. The Hall–Kier alpha value is -2.29. The average molecular weight is 503 g/mol. The van der Waals surface area contributed by atoms with Crippen molar-refractivity contribution in [1.29, 1.82) is 0 Å². The van der Waals surface area contributed by atoms with E-state index in [1.807, 2.05) is 0 Å². The lowest BCUT2D eigenvalue weighted by Gasteiger charge is -2.30. The highest BCUT2D eigenvalue weighted by molar-refractivity contribution is 7.91. The summed E-state index contributed by atoms with van der Waals surface area (Å²) >= 11 is 5.43. The quantitative estimate of drug-likeness (QED) is 0.462. The van der Waals surface area contributed by atoms with Crippen LogP contribution in [-0.2, 0) is 26.2 Å². The Kier molecular flexibility index (Phi) is 7.37. The molecule has 11 nitrogen and oxygen atoms in total. The van der Waals surface area contributed by atoms with Crippen molar-refractivity contribution in [3.05, 3.63) is 24.0 Å². The first kappa shape index (κ1) is 24.4. The molecule has 0 radical (unpaired) electrons. The molecular formula is C18H26N6O5S3. The van der Waals surface area contributed by atoms with Gasteiger partial charge in [0, 0.05) is 24.8 Å². The first-order valence-corrected chi connectivity index (χ1v) is 14.0. The molecule has 0 unspecified atom stereocenters. The topological polar surface area (TPSA) is 147 Å². The molecule has 0 aliphatic carbocycles. The van der Waals surface area contributed by atoms with Gasteiger partial charge in [-0.3, -0.25) is 0 Å². The number of aromatic nitrogens is 2. The fourth-order valence-corrected chi connectivity index (χ4v) is 4.80. The second kappa shape index (κ2) is 9.68. The second-order valence-electron chi connectivity index (χ2n) is 7.69. The largest absolute Gasteiger partial charge is 0.416 e. The van der Waals surface area contributed by atoms with E-state index in [1.165, 1.54) is 0 Å². The van der Waals surface area contributed by atoms with Gasteiger partial charge >= 0.3 is 5.22 Å². The Balaban J connectivity index is 1.72. The van der Waals surface area contributed by atoms with Crippen molar-refractivity contribution in [2.75, 3.05) is 43.3 Å². The van der Waals surface area contributed by atoms with Gasteiger partial charge in [-0.1, -0.05) is 0 Å². The molecule has 1 fully saturated rings. The highest BCUT2D eigenvalue weighted by atomic mass is 32.2. The SMILES string of the molecule is CN1CCC(NC(=S)Nc2cccnc2NCc2nc(S(C)(=O)=O)oc2S(C)(=O)=O)CC1. The number of nitrogens with one attached hydrogen (secondary N) is 3. The minimum atomic E-state index is -3.83. The number of thiocarbonyl (C=S) groups is 1. The molecule has 0 amide bonds. The molecule has 32 heavy (non-hydrogen) atoms. The smallest absolute Gasteiger partial charge is 0.316 e. The molecule has 176 valence electrons. The molecule has 0 bridgehead atoms. The number of rotatable bonds is 7. The van der Waals surface area contributed by atoms with Crippen molar-refractivity contribution in [1.82, 2.24) is 20.2 Å². The lowest BCUT2D eigenvalue weighted by atomic mass is 10.1. The molecule has 0 spiro atoms. The highest BCUT2D eigenvalue weighted by Crippen LogP contribution is 2.23. The zero-order valence-electron chi connectivity index (χ0n) is 18.0. The summed E-state index contributed by atoms with van der Waals surface area (Å²) in [5, 5.41) is 8.67. The summed E-state index contributed by atoms with van der Waals surface area (Å²) < 4.78 is 52.5. The van der Waals surface area contributed by atoms with Crippen molar-refractivity contribution in [2.45, 2.75) is 35.7 Å². The van der Waals surface area contributed by atoms with Crippen LogP contribution in [0.5, 0.6) is 0 Å².